The first-order valence-electron chi connectivity index (χ1n) is 11.9. The number of aromatic nitrogens is 2. The second kappa shape index (κ2) is 9.23. The number of piperidine rings is 1. The van der Waals surface area contributed by atoms with Crippen molar-refractivity contribution in [1.29, 1.82) is 0 Å². The summed E-state index contributed by atoms with van der Waals surface area (Å²) in [6.45, 7) is 1.52. The maximum Gasteiger partial charge on any atom is 0.317 e. The van der Waals surface area contributed by atoms with E-state index in [0.29, 0.717) is 12.6 Å². The molecule has 2 fully saturated rings. The number of rotatable bonds is 4. The van der Waals surface area contributed by atoms with Crippen LogP contribution in [0.4, 0.5) is 4.79 Å². The lowest BCUT2D eigenvalue weighted by atomic mass is 9.95. The van der Waals surface area contributed by atoms with E-state index in [0.717, 1.165) is 60.6 Å². The summed E-state index contributed by atoms with van der Waals surface area (Å²) in [6.07, 6.45) is 10.1. The fourth-order valence-corrected chi connectivity index (χ4v) is 5.27. The Morgan fingerprint density at radius 3 is 2.69 bits per heavy atom. The molecule has 1 saturated heterocycles. The number of carbonyl (C=O) groups excluding carboxylic acids is 1. The van der Waals surface area contributed by atoms with E-state index in [9.17, 15) is 4.79 Å². The predicted molar refractivity (Wildman–Crippen MR) is 126 cm³/mol. The van der Waals surface area contributed by atoms with Gasteiger partial charge in [-0.25, -0.2) is 9.78 Å². The Bertz CT molecular complexity index is 1090. The fraction of sp³-hybridized carbons (Fsp3) is 0.462. The van der Waals surface area contributed by atoms with Crippen molar-refractivity contribution < 1.29 is 9.53 Å². The number of methoxy groups -OCH3 is 1. The van der Waals surface area contributed by atoms with Gasteiger partial charge >= 0.3 is 6.03 Å². The van der Waals surface area contributed by atoms with Gasteiger partial charge in [-0.05, 0) is 49.9 Å². The molecule has 2 amide bonds. The number of para-hydroxylation sites is 1. The van der Waals surface area contributed by atoms with Crippen molar-refractivity contribution in [3.63, 3.8) is 0 Å². The smallest absolute Gasteiger partial charge is 0.317 e. The average molecular weight is 433 g/mol. The van der Waals surface area contributed by atoms with Crippen LogP contribution in [0.3, 0.4) is 0 Å². The molecule has 1 unspecified atom stereocenters. The van der Waals surface area contributed by atoms with Crippen molar-refractivity contribution in [3.8, 4) is 17.0 Å². The number of fused-ring (bicyclic) bond motifs is 1. The molecular weight excluding hydrogens is 400 g/mol. The molecule has 1 aliphatic heterocycles. The lowest BCUT2D eigenvalue weighted by Gasteiger charge is -2.34. The molecule has 3 heterocycles. The first-order chi connectivity index (χ1) is 15.7. The Balaban J connectivity index is 1.42. The molecule has 6 nitrogen and oxygen atoms in total. The van der Waals surface area contributed by atoms with Crippen LogP contribution in [-0.2, 0) is 0 Å². The molecular formula is C26H32N4O2. The van der Waals surface area contributed by atoms with Crippen molar-refractivity contribution >= 4 is 11.5 Å². The second-order valence-electron chi connectivity index (χ2n) is 9.04. The summed E-state index contributed by atoms with van der Waals surface area (Å²) in [7, 11) is 1.70. The summed E-state index contributed by atoms with van der Waals surface area (Å²) in [5, 5.41) is 3.29. The van der Waals surface area contributed by atoms with Crippen molar-refractivity contribution in [2.24, 2.45) is 0 Å². The van der Waals surface area contributed by atoms with E-state index in [-0.39, 0.29) is 11.9 Å². The summed E-state index contributed by atoms with van der Waals surface area (Å²) in [5.41, 5.74) is 2.99. The number of hydrogen-bond acceptors (Lipinski definition) is 3. The van der Waals surface area contributed by atoms with E-state index >= 15 is 0 Å². The van der Waals surface area contributed by atoms with Gasteiger partial charge in [0.15, 0.2) is 0 Å². The van der Waals surface area contributed by atoms with Gasteiger partial charge in [-0.2, -0.15) is 0 Å². The molecule has 0 radical (unpaired) electrons. The van der Waals surface area contributed by atoms with Crippen molar-refractivity contribution in [1.82, 2.24) is 19.6 Å². The maximum atomic E-state index is 13.0. The molecule has 0 bridgehead atoms. The summed E-state index contributed by atoms with van der Waals surface area (Å²) < 4.78 is 7.80. The van der Waals surface area contributed by atoms with Gasteiger partial charge in [0.1, 0.15) is 17.3 Å². The molecule has 1 N–H and O–H groups in total. The van der Waals surface area contributed by atoms with Gasteiger partial charge in [-0.1, -0.05) is 37.5 Å². The van der Waals surface area contributed by atoms with Crippen molar-refractivity contribution in [2.75, 3.05) is 20.2 Å². The first-order valence-corrected chi connectivity index (χ1v) is 11.9. The minimum Gasteiger partial charge on any atom is -0.496 e. The van der Waals surface area contributed by atoms with Crippen LogP contribution in [-0.4, -0.2) is 46.6 Å². The molecule has 1 saturated carbocycles. The number of nitrogens with zero attached hydrogens (tertiary/aromatic N) is 3. The number of urea groups is 1. The van der Waals surface area contributed by atoms with Gasteiger partial charge in [0.25, 0.3) is 0 Å². The number of imidazole rings is 1. The van der Waals surface area contributed by atoms with Crippen LogP contribution in [0.15, 0.2) is 48.7 Å². The van der Waals surface area contributed by atoms with Gasteiger partial charge in [-0.15, -0.1) is 0 Å². The fourth-order valence-electron chi connectivity index (χ4n) is 5.27. The third-order valence-corrected chi connectivity index (χ3v) is 6.94. The molecule has 0 spiro atoms. The summed E-state index contributed by atoms with van der Waals surface area (Å²) >= 11 is 0. The molecule has 168 valence electrons. The number of carbonyl (C=O) groups is 1. The highest BCUT2D eigenvalue weighted by Gasteiger charge is 2.30. The van der Waals surface area contributed by atoms with Crippen LogP contribution < -0.4 is 10.1 Å². The topological polar surface area (TPSA) is 58.9 Å². The quantitative estimate of drug-likeness (QED) is 0.614. The third kappa shape index (κ3) is 4.06. The number of ether oxygens (including phenoxy) is 1. The molecule has 32 heavy (non-hydrogen) atoms. The minimum atomic E-state index is 0.0902. The number of amides is 2. The Hall–Kier alpha value is -3.02. The molecule has 3 aromatic rings. The highest BCUT2D eigenvalue weighted by Crippen LogP contribution is 2.36. The molecule has 1 aliphatic carbocycles. The van der Waals surface area contributed by atoms with E-state index in [1.807, 2.05) is 35.2 Å². The second-order valence-corrected chi connectivity index (χ2v) is 9.04. The Morgan fingerprint density at radius 2 is 1.84 bits per heavy atom. The Morgan fingerprint density at radius 1 is 1.03 bits per heavy atom. The lowest BCUT2D eigenvalue weighted by molar-refractivity contribution is 0.171. The van der Waals surface area contributed by atoms with Crippen LogP contribution in [0.2, 0.25) is 0 Å². The number of likely N-dealkylation sites (tertiary alicyclic amines) is 1. The minimum absolute atomic E-state index is 0.0902. The molecule has 5 rings (SSSR count). The molecule has 2 aromatic heterocycles. The average Bonchev–Trinajstić information content (AvgIpc) is 3.24. The number of nitrogens with one attached hydrogen (secondary N) is 1. The van der Waals surface area contributed by atoms with Gasteiger partial charge in [-0.3, -0.25) is 0 Å². The van der Waals surface area contributed by atoms with E-state index in [4.69, 9.17) is 9.72 Å². The number of benzene rings is 1. The van der Waals surface area contributed by atoms with Crippen molar-refractivity contribution in [3.05, 3.63) is 54.5 Å². The zero-order valence-electron chi connectivity index (χ0n) is 18.8. The Kier molecular flexibility index (Phi) is 6.02. The van der Waals surface area contributed by atoms with Crippen LogP contribution in [0.5, 0.6) is 5.75 Å². The van der Waals surface area contributed by atoms with Crippen LogP contribution in [0, 0.1) is 0 Å². The van der Waals surface area contributed by atoms with Gasteiger partial charge < -0.3 is 19.4 Å². The van der Waals surface area contributed by atoms with Crippen LogP contribution in [0.1, 0.15) is 56.7 Å². The van der Waals surface area contributed by atoms with Gasteiger partial charge in [0, 0.05) is 36.8 Å². The maximum absolute atomic E-state index is 13.0. The van der Waals surface area contributed by atoms with E-state index in [1.54, 1.807) is 7.11 Å². The summed E-state index contributed by atoms with van der Waals surface area (Å²) in [6, 6.07) is 14.6. The van der Waals surface area contributed by atoms with E-state index < -0.39 is 0 Å². The zero-order chi connectivity index (χ0) is 21.9. The van der Waals surface area contributed by atoms with Crippen molar-refractivity contribution in [2.45, 2.75) is 56.9 Å². The lowest BCUT2D eigenvalue weighted by Crippen LogP contribution is -2.48. The highest BCUT2D eigenvalue weighted by atomic mass is 16.5. The normalized spacial score (nSPS) is 19.8. The van der Waals surface area contributed by atoms with Crippen LogP contribution >= 0.6 is 0 Å². The van der Waals surface area contributed by atoms with E-state index in [2.05, 4.69) is 28.0 Å². The molecule has 2 aliphatic rings. The Labute approximate surface area is 189 Å². The van der Waals surface area contributed by atoms with Gasteiger partial charge in [0.05, 0.1) is 12.6 Å². The zero-order valence-corrected chi connectivity index (χ0v) is 18.8. The standard InChI is InChI=1S/C26H32N4O2/c1-32-23-15-6-5-13-21(23)24-22-14-7-8-17-30(22)25(28-24)19-10-9-16-29(18-19)26(31)27-20-11-3-2-4-12-20/h5-8,13-15,17,19-20H,2-4,9-12,16,18H2,1H3,(H,27,31). The van der Waals surface area contributed by atoms with Gasteiger partial charge in [0.2, 0.25) is 0 Å². The number of pyridine rings is 1. The highest BCUT2D eigenvalue weighted by molar-refractivity contribution is 5.81. The first kappa shape index (κ1) is 20.9. The van der Waals surface area contributed by atoms with E-state index in [1.165, 1.54) is 19.3 Å². The third-order valence-electron chi connectivity index (χ3n) is 6.94. The summed E-state index contributed by atoms with van der Waals surface area (Å²) in [4.78, 5) is 20.1. The van der Waals surface area contributed by atoms with Crippen LogP contribution in [0.25, 0.3) is 16.8 Å². The largest absolute Gasteiger partial charge is 0.496 e. The predicted octanol–water partition coefficient (Wildman–Crippen LogP) is 5.23. The molecule has 6 heteroatoms. The number of hydrogen-bond donors (Lipinski definition) is 1. The SMILES string of the molecule is COc1ccccc1-c1nc(C2CCCN(C(=O)NC3CCCCC3)C2)n2ccccc12. The summed E-state index contributed by atoms with van der Waals surface area (Å²) in [5.74, 6) is 2.05. The molecule has 1 atom stereocenters. The monoisotopic (exact) mass is 432 g/mol. The molecule has 1 aromatic carbocycles.